The highest BCUT2D eigenvalue weighted by Crippen LogP contribution is 2.19. The molecule has 0 bridgehead atoms. The van der Waals surface area contributed by atoms with Gasteiger partial charge >= 0.3 is 6.98 Å². The Morgan fingerprint density at radius 2 is 1.79 bits per heavy atom. The second-order valence-corrected chi connectivity index (χ2v) is 3.72. The first kappa shape index (κ1) is 13.3. The highest BCUT2D eigenvalue weighted by atomic mass is 19.4. The molecule has 3 nitrogen and oxygen atoms in total. The van der Waals surface area contributed by atoms with Crippen LogP contribution in [-0.2, 0) is 6.61 Å². The summed E-state index contributed by atoms with van der Waals surface area (Å²) < 4.78 is 55.9. The van der Waals surface area contributed by atoms with Crippen molar-refractivity contribution in [3.05, 3.63) is 48.3 Å². The predicted molar refractivity (Wildman–Crippen MR) is 61.5 cm³/mol. The number of ether oxygens (including phenoxy) is 1. The molecule has 0 saturated carbocycles. The van der Waals surface area contributed by atoms with E-state index in [1.807, 2.05) is 0 Å². The molecule has 0 aliphatic rings. The summed E-state index contributed by atoms with van der Waals surface area (Å²) in [6.45, 7) is -5.39. The molecule has 0 unspecified atom stereocenters. The maximum absolute atomic E-state index is 13.3. The molecule has 1 aromatic heterocycles. The van der Waals surface area contributed by atoms with Crippen molar-refractivity contribution in [2.24, 2.45) is 0 Å². The molecule has 0 spiro atoms. The molecule has 0 aliphatic carbocycles. The Morgan fingerprint density at radius 1 is 1.11 bits per heavy atom. The molecule has 8 heteroatoms. The van der Waals surface area contributed by atoms with E-state index < -0.39 is 24.0 Å². The highest BCUT2D eigenvalue weighted by Gasteiger charge is 2.26. The van der Waals surface area contributed by atoms with Crippen molar-refractivity contribution in [2.45, 2.75) is 6.61 Å². The SMILES string of the molecule is Fc1ccc([B-](F)(F)F)cc1OCc1ncccn1. The molecule has 1 aromatic carbocycles. The van der Waals surface area contributed by atoms with Gasteiger partial charge in [-0.3, -0.25) is 0 Å². The third-order valence-electron chi connectivity index (χ3n) is 2.31. The molecule has 0 fully saturated rings. The molecule has 2 aromatic rings. The Hall–Kier alpha value is -2.12. The predicted octanol–water partition coefficient (Wildman–Crippen LogP) is 2.25. The molecule has 0 aliphatic heterocycles. The minimum Gasteiger partial charge on any atom is -0.483 e. The second kappa shape index (κ2) is 5.25. The minimum atomic E-state index is -5.19. The van der Waals surface area contributed by atoms with Gasteiger partial charge in [0.1, 0.15) is 6.61 Å². The molecular weight excluding hydrogens is 263 g/mol. The number of halogens is 4. The summed E-state index contributed by atoms with van der Waals surface area (Å²) in [6.07, 6.45) is 2.91. The average Bonchev–Trinajstić information content (AvgIpc) is 2.37. The molecule has 0 saturated heterocycles. The first-order valence-electron chi connectivity index (χ1n) is 5.35. The fourth-order valence-electron chi connectivity index (χ4n) is 1.38. The number of hydrogen-bond donors (Lipinski definition) is 0. The van der Waals surface area contributed by atoms with Gasteiger partial charge in [0.25, 0.3) is 0 Å². The van der Waals surface area contributed by atoms with E-state index in [9.17, 15) is 17.3 Å². The van der Waals surface area contributed by atoms with Crippen LogP contribution < -0.4 is 10.2 Å². The molecular formula is C11H8BF4N2O-. The number of nitrogens with zero attached hydrogens (tertiary/aromatic N) is 2. The molecule has 1 heterocycles. The Morgan fingerprint density at radius 3 is 2.42 bits per heavy atom. The van der Waals surface area contributed by atoms with Gasteiger partial charge in [0.15, 0.2) is 17.4 Å². The van der Waals surface area contributed by atoms with Crippen LogP contribution >= 0.6 is 0 Å². The van der Waals surface area contributed by atoms with Crippen LogP contribution in [0.25, 0.3) is 0 Å². The summed E-state index contributed by atoms with van der Waals surface area (Å²) in [4.78, 5) is 7.64. The summed E-state index contributed by atoms with van der Waals surface area (Å²) in [7, 11) is 0. The van der Waals surface area contributed by atoms with Gasteiger partial charge in [0, 0.05) is 12.4 Å². The van der Waals surface area contributed by atoms with Crippen LogP contribution in [0, 0.1) is 5.82 Å². The van der Waals surface area contributed by atoms with Crippen LogP contribution in [0.4, 0.5) is 17.3 Å². The van der Waals surface area contributed by atoms with Crippen molar-refractivity contribution in [3.63, 3.8) is 0 Å². The Bertz CT molecular complexity index is 562. The van der Waals surface area contributed by atoms with E-state index in [0.717, 1.165) is 6.07 Å². The lowest BCUT2D eigenvalue weighted by Gasteiger charge is -2.16. The molecule has 2 rings (SSSR count). The van der Waals surface area contributed by atoms with Gasteiger partial charge in [-0.25, -0.2) is 14.4 Å². The van der Waals surface area contributed by atoms with Gasteiger partial charge in [-0.05, 0) is 18.2 Å². The first-order valence-corrected chi connectivity index (χ1v) is 5.35. The number of benzene rings is 1. The van der Waals surface area contributed by atoms with Gasteiger partial charge < -0.3 is 17.7 Å². The Balaban J connectivity index is 2.16. The summed E-state index contributed by atoms with van der Waals surface area (Å²) in [6, 6.07) is 3.63. The zero-order valence-electron chi connectivity index (χ0n) is 9.56. The maximum atomic E-state index is 13.3. The van der Waals surface area contributed by atoms with Crippen LogP contribution in [0.15, 0.2) is 36.7 Å². The van der Waals surface area contributed by atoms with Crippen LogP contribution in [0.5, 0.6) is 5.75 Å². The van der Waals surface area contributed by atoms with Crippen LogP contribution in [0.1, 0.15) is 5.82 Å². The quantitative estimate of drug-likeness (QED) is 0.632. The van der Waals surface area contributed by atoms with Crippen molar-refractivity contribution < 1.29 is 22.1 Å². The van der Waals surface area contributed by atoms with E-state index in [1.54, 1.807) is 6.07 Å². The fraction of sp³-hybridized carbons (Fsp3) is 0.0909. The lowest BCUT2D eigenvalue weighted by molar-refractivity contribution is 0.281. The molecule has 0 atom stereocenters. The van der Waals surface area contributed by atoms with Crippen molar-refractivity contribution in [1.29, 1.82) is 0 Å². The van der Waals surface area contributed by atoms with Gasteiger partial charge in [-0.15, -0.1) is 5.46 Å². The zero-order valence-corrected chi connectivity index (χ0v) is 9.56. The monoisotopic (exact) mass is 271 g/mol. The first-order chi connectivity index (χ1) is 8.97. The normalized spacial score (nSPS) is 11.4. The van der Waals surface area contributed by atoms with Crippen LogP contribution in [-0.4, -0.2) is 16.9 Å². The summed E-state index contributed by atoms with van der Waals surface area (Å²) in [5, 5.41) is 0. The summed E-state index contributed by atoms with van der Waals surface area (Å²) >= 11 is 0. The number of rotatable bonds is 4. The molecule has 19 heavy (non-hydrogen) atoms. The third kappa shape index (κ3) is 3.43. The Labute approximate surface area is 106 Å². The second-order valence-electron chi connectivity index (χ2n) is 3.72. The van der Waals surface area contributed by atoms with Gasteiger partial charge in [-0.1, -0.05) is 6.07 Å². The number of hydrogen-bond acceptors (Lipinski definition) is 3. The van der Waals surface area contributed by atoms with Crippen molar-refractivity contribution in [1.82, 2.24) is 9.97 Å². The van der Waals surface area contributed by atoms with E-state index in [1.165, 1.54) is 12.4 Å². The lowest BCUT2D eigenvalue weighted by atomic mass is 9.80. The minimum absolute atomic E-state index is 0.202. The van der Waals surface area contributed by atoms with E-state index >= 15 is 0 Å². The van der Waals surface area contributed by atoms with E-state index in [4.69, 9.17) is 4.74 Å². The molecule has 0 radical (unpaired) electrons. The standard InChI is InChI=1S/C11H8BF4N2O/c13-9-3-2-8(12(14,15)16)6-10(9)19-7-11-17-4-1-5-18-11/h1-6H,7H2/q-1. The highest BCUT2D eigenvalue weighted by molar-refractivity contribution is 6.73. The van der Waals surface area contributed by atoms with Gasteiger partial charge in [-0.2, -0.15) is 0 Å². The maximum Gasteiger partial charge on any atom is 0.509 e. The van der Waals surface area contributed by atoms with Crippen LogP contribution in [0.2, 0.25) is 0 Å². The van der Waals surface area contributed by atoms with Crippen molar-refractivity contribution in [3.8, 4) is 5.75 Å². The van der Waals surface area contributed by atoms with Crippen molar-refractivity contribution >= 4 is 12.4 Å². The van der Waals surface area contributed by atoms with Gasteiger partial charge in [0.2, 0.25) is 0 Å². The Kier molecular flexibility index (Phi) is 3.68. The number of aromatic nitrogens is 2. The largest absolute Gasteiger partial charge is 0.509 e. The lowest BCUT2D eigenvalue weighted by Crippen LogP contribution is -2.34. The summed E-state index contributed by atoms with van der Waals surface area (Å²) in [5.41, 5.74) is -0.912. The molecule has 0 N–H and O–H groups in total. The third-order valence-corrected chi connectivity index (χ3v) is 2.31. The fourth-order valence-corrected chi connectivity index (χ4v) is 1.38. The van der Waals surface area contributed by atoms with E-state index in [0.29, 0.717) is 12.1 Å². The topological polar surface area (TPSA) is 35.0 Å². The average molecular weight is 271 g/mol. The summed E-state index contributed by atoms with van der Waals surface area (Å²) in [5.74, 6) is -1.08. The van der Waals surface area contributed by atoms with E-state index in [2.05, 4.69) is 9.97 Å². The zero-order chi connectivity index (χ0) is 13.9. The molecule has 0 amide bonds. The van der Waals surface area contributed by atoms with E-state index in [-0.39, 0.29) is 12.4 Å². The molecule has 100 valence electrons. The smallest absolute Gasteiger partial charge is 0.483 e. The van der Waals surface area contributed by atoms with Gasteiger partial charge in [0.05, 0.1) is 0 Å². The van der Waals surface area contributed by atoms with Crippen LogP contribution in [0.3, 0.4) is 0 Å². The van der Waals surface area contributed by atoms with Crippen molar-refractivity contribution in [2.75, 3.05) is 0 Å².